The Morgan fingerprint density at radius 3 is 2.71 bits per heavy atom. The summed E-state index contributed by atoms with van der Waals surface area (Å²) in [5.41, 5.74) is 1.02. The Morgan fingerprint density at radius 1 is 1.17 bits per heavy atom. The number of rotatable bonds is 5. The van der Waals surface area contributed by atoms with Crippen molar-refractivity contribution >= 4 is 11.8 Å². The third-order valence-corrected chi connectivity index (χ3v) is 5.15. The quantitative estimate of drug-likeness (QED) is 0.762. The predicted octanol–water partition coefficient (Wildman–Crippen LogP) is 0.281. The molecule has 0 aromatic heterocycles. The summed E-state index contributed by atoms with van der Waals surface area (Å²) in [5, 5.41) is 6.43. The van der Waals surface area contributed by atoms with Crippen LogP contribution in [0.5, 0.6) is 0 Å². The Hall–Kier alpha value is -1.92. The van der Waals surface area contributed by atoms with Gasteiger partial charge in [-0.25, -0.2) is 0 Å². The molecule has 2 N–H and O–H groups in total. The van der Waals surface area contributed by atoms with E-state index in [0.717, 1.165) is 18.0 Å². The first-order chi connectivity index (χ1) is 11.7. The largest absolute Gasteiger partial charge is 0.378 e. The molecule has 1 aromatic carbocycles. The third kappa shape index (κ3) is 3.16. The van der Waals surface area contributed by atoms with Crippen LogP contribution in [0, 0.1) is 5.92 Å². The zero-order valence-electron chi connectivity index (χ0n) is 13.6. The number of fused-ring (bicyclic) bond motifs is 1. The first-order valence-corrected chi connectivity index (χ1v) is 8.69. The second-order valence-electron chi connectivity index (χ2n) is 6.98. The maximum absolute atomic E-state index is 12.4. The Morgan fingerprint density at radius 2 is 1.96 bits per heavy atom. The smallest absolute Gasteiger partial charge is 0.312 e. The summed E-state index contributed by atoms with van der Waals surface area (Å²) in [6.07, 6.45) is 2.55. The van der Waals surface area contributed by atoms with E-state index < -0.39 is 11.8 Å². The number of hydrogen-bond acceptors (Lipinski definition) is 4. The fraction of sp³-hybridized carbons (Fsp3) is 0.556. The van der Waals surface area contributed by atoms with Crippen molar-refractivity contribution in [2.75, 3.05) is 19.8 Å². The summed E-state index contributed by atoms with van der Waals surface area (Å²) in [7, 11) is 0. The Kier molecular flexibility index (Phi) is 4.24. The first-order valence-electron chi connectivity index (χ1n) is 8.69. The van der Waals surface area contributed by atoms with E-state index in [-0.39, 0.29) is 18.1 Å². The SMILES string of the molecule is O=C1N[C@@H]2[C@@H](NCC3CC3)COC[C@H]2N(Cc2ccccc2)C1=O. The molecule has 1 aliphatic carbocycles. The number of ether oxygens (including phenoxy) is 1. The average Bonchev–Trinajstić information content (AvgIpc) is 3.42. The molecule has 6 heteroatoms. The molecule has 2 aliphatic heterocycles. The zero-order valence-corrected chi connectivity index (χ0v) is 13.6. The Labute approximate surface area is 141 Å². The normalized spacial score (nSPS) is 30.0. The lowest BCUT2D eigenvalue weighted by molar-refractivity contribution is -0.158. The van der Waals surface area contributed by atoms with Gasteiger partial charge in [0.1, 0.15) is 0 Å². The number of carbonyl (C=O) groups is 2. The molecule has 0 spiro atoms. The molecule has 128 valence electrons. The van der Waals surface area contributed by atoms with Crippen LogP contribution >= 0.6 is 0 Å². The minimum Gasteiger partial charge on any atom is -0.378 e. The minimum atomic E-state index is -0.507. The number of carbonyl (C=O) groups excluding carboxylic acids is 2. The molecule has 1 aromatic rings. The van der Waals surface area contributed by atoms with Gasteiger partial charge in [-0.1, -0.05) is 30.3 Å². The summed E-state index contributed by atoms with van der Waals surface area (Å²) in [6, 6.07) is 9.62. The van der Waals surface area contributed by atoms with Crippen LogP contribution in [0.3, 0.4) is 0 Å². The van der Waals surface area contributed by atoms with E-state index in [1.807, 2.05) is 30.3 Å². The predicted molar refractivity (Wildman–Crippen MR) is 88.0 cm³/mol. The molecule has 1 saturated carbocycles. The van der Waals surface area contributed by atoms with E-state index in [2.05, 4.69) is 10.6 Å². The standard InChI is InChI=1S/C18H23N3O3/c22-17-18(23)21(9-13-4-2-1-3-5-13)15-11-24-10-14(16(15)20-17)19-8-12-6-7-12/h1-5,12,14-16,19H,6-11H2,(H,20,22)/t14-,15+,16+/m0/s1. The highest BCUT2D eigenvalue weighted by molar-refractivity contribution is 6.35. The van der Waals surface area contributed by atoms with E-state index in [9.17, 15) is 9.59 Å². The van der Waals surface area contributed by atoms with E-state index in [0.29, 0.717) is 19.8 Å². The number of benzene rings is 1. The summed E-state index contributed by atoms with van der Waals surface area (Å²) in [6.45, 7) is 2.43. The maximum Gasteiger partial charge on any atom is 0.312 e. The van der Waals surface area contributed by atoms with E-state index in [1.54, 1.807) is 4.90 Å². The van der Waals surface area contributed by atoms with Gasteiger partial charge in [0.15, 0.2) is 0 Å². The highest BCUT2D eigenvalue weighted by atomic mass is 16.5. The van der Waals surface area contributed by atoms with Crippen LogP contribution in [-0.4, -0.2) is 54.6 Å². The molecular weight excluding hydrogens is 306 g/mol. The minimum absolute atomic E-state index is 0.0553. The molecule has 2 heterocycles. The van der Waals surface area contributed by atoms with Crippen molar-refractivity contribution in [1.82, 2.24) is 15.5 Å². The second kappa shape index (κ2) is 6.53. The Balaban J connectivity index is 1.51. The van der Waals surface area contributed by atoms with Crippen molar-refractivity contribution in [3.05, 3.63) is 35.9 Å². The van der Waals surface area contributed by atoms with Crippen molar-refractivity contribution in [3.8, 4) is 0 Å². The van der Waals surface area contributed by atoms with Gasteiger partial charge >= 0.3 is 11.8 Å². The van der Waals surface area contributed by atoms with Gasteiger partial charge in [0.2, 0.25) is 0 Å². The van der Waals surface area contributed by atoms with E-state index in [4.69, 9.17) is 4.74 Å². The van der Waals surface area contributed by atoms with Gasteiger partial charge in [-0.3, -0.25) is 9.59 Å². The molecule has 2 saturated heterocycles. The van der Waals surface area contributed by atoms with Crippen LogP contribution < -0.4 is 10.6 Å². The van der Waals surface area contributed by atoms with Crippen LogP contribution in [0.2, 0.25) is 0 Å². The van der Waals surface area contributed by atoms with Gasteiger partial charge in [0, 0.05) is 6.54 Å². The van der Waals surface area contributed by atoms with Crippen molar-refractivity contribution < 1.29 is 14.3 Å². The average molecular weight is 329 g/mol. The van der Waals surface area contributed by atoms with E-state index >= 15 is 0 Å². The van der Waals surface area contributed by atoms with Crippen molar-refractivity contribution in [2.45, 2.75) is 37.5 Å². The lowest BCUT2D eigenvalue weighted by Gasteiger charge is -2.47. The zero-order chi connectivity index (χ0) is 16.5. The monoisotopic (exact) mass is 329 g/mol. The second-order valence-corrected chi connectivity index (χ2v) is 6.98. The van der Waals surface area contributed by atoms with Crippen LogP contribution in [0.1, 0.15) is 18.4 Å². The summed E-state index contributed by atoms with van der Waals surface area (Å²) >= 11 is 0. The van der Waals surface area contributed by atoms with Crippen LogP contribution in [-0.2, 0) is 20.9 Å². The van der Waals surface area contributed by atoms with Gasteiger partial charge < -0.3 is 20.3 Å². The Bertz CT molecular complexity index is 617. The highest BCUT2D eigenvalue weighted by Gasteiger charge is 2.46. The van der Waals surface area contributed by atoms with E-state index in [1.165, 1.54) is 12.8 Å². The van der Waals surface area contributed by atoms with Gasteiger partial charge in [-0.05, 0) is 30.9 Å². The van der Waals surface area contributed by atoms with Gasteiger partial charge in [0.25, 0.3) is 0 Å². The molecule has 3 atom stereocenters. The van der Waals surface area contributed by atoms with Crippen LogP contribution in [0.25, 0.3) is 0 Å². The molecule has 0 radical (unpaired) electrons. The number of nitrogens with one attached hydrogen (secondary N) is 2. The van der Waals surface area contributed by atoms with Gasteiger partial charge in [-0.2, -0.15) is 0 Å². The highest BCUT2D eigenvalue weighted by Crippen LogP contribution is 2.28. The van der Waals surface area contributed by atoms with Crippen LogP contribution in [0.15, 0.2) is 30.3 Å². The summed E-state index contributed by atoms with van der Waals surface area (Å²) < 4.78 is 5.75. The molecular formula is C18H23N3O3. The molecule has 4 rings (SSSR count). The lowest BCUT2D eigenvalue weighted by atomic mass is 9.93. The van der Waals surface area contributed by atoms with Crippen molar-refractivity contribution in [2.24, 2.45) is 5.92 Å². The molecule has 6 nitrogen and oxygen atoms in total. The number of nitrogens with zero attached hydrogens (tertiary/aromatic N) is 1. The molecule has 3 fully saturated rings. The molecule has 24 heavy (non-hydrogen) atoms. The lowest BCUT2D eigenvalue weighted by Crippen LogP contribution is -2.72. The third-order valence-electron chi connectivity index (χ3n) is 5.15. The fourth-order valence-corrected chi connectivity index (χ4v) is 3.56. The van der Waals surface area contributed by atoms with Crippen LogP contribution in [0.4, 0.5) is 0 Å². The molecule has 0 bridgehead atoms. The van der Waals surface area contributed by atoms with Crippen molar-refractivity contribution in [1.29, 1.82) is 0 Å². The molecule has 3 aliphatic rings. The molecule has 2 amide bonds. The van der Waals surface area contributed by atoms with Gasteiger partial charge in [-0.15, -0.1) is 0 Å². The number of piperazine rings is 1. The summed E-state index contributed by atoms with van der Waals surface area (Å²) in [5.74, 6) is -0.217. The fourth-order valence-electron chi connectivity index (χ4n) is 3.56. The first kappa shape index (κ1) is 15.6. The number of hydrogen-bond donors (Lipinski definition) is 2. The van der Waals surface area contributed by atoms with Gasteiger partial charge in [0.05, 0.1) is 31.3 Å². The topological polar surface area (TPSA) is 70.7 Å². The summed E-state index contributed by atoms with van der Waals surface area (Å²) in [4.78, 5) is 26.3. The van der Waals surface area contributed by atoms with Crippen molar-refractivity contribution in [3.63, 3.8) is 0 Å². The molecule has 0 unspecified atom stereocenters. The number of amides is 2. The maximum atomic E-state index is 12.4.